The summed E-state index contributed by atoms with van der Waals surface area (Å²) in [5.41, 5.74) is 3.85. The third-order valence-electron chi connectivity index (χ3n) is 4.80. The Balaban J connectivity index is 1.55. The maximum absolute atomic E-state index is 6.03. The average Bonchev–Trinajstić information content (AvgIpc) is 3.16. The first-order valence-corrected chi connectivity index (χ1v) is 9.22. The second-order valence-electron chi connectivity index (χ2n) is 6.87. The van der Waals surface area contributed by atoms with Crippen LogP contribution < -0.4 is 4.74 Å². The van der Waals surface area contributed by atoms with Gasteiger partial charge in [0.05, 0.1) is 25.0 Å². The van der Waals surface area contributed by atoms with E-state index in [2.05, 4.69) is 50.1 Å². The fourth-order valence-electron chi connectivity index (χ4n) is 3.41. The van der Waals surface area contributed by atoms with Gasteiger partial charge in [0.2, 0.25) is 11.7 Å². The number of nitrogens with zero attached hydrogens (tertiary/aromatic N) is 5. The topological polar surface area (TPSA) is 86.4 Å². The lowest BCUT2D eigenvalue weighted by molar-refractivity contribution is -0.0349. The van der Waals surface area contributed by atoms with Crippen molar-refractivity contribution < 1.29 is 14.0 Å². The molecule has 0 spiro atoms. The molecule has 1 aliphatic rings. The first-order chi connectivity index (χ1) is 13.6. The van der Waals surface area contributed by atoms with Gasteiger partial charge in [0.1, 0.15) is 18.2 Å². The number of morpholine rings is 1. The van der Waals surface area contributed by atoms with E-state index in [1.807, 2.05) is 0 Å². The van der Waals surface area contributed by atoms with Crippen molar-refractivity contribution in [2.45, 2.75) is 26.5 Å². The molecule has 0 saturated carbocycles. The molecule has 0 bridgehead atoms. The van der Waals surface area contributed by atoms with E-state index in [4.69, 9.17) is 14.0 Å². The smallest absolute Gasteiger partial charge is 0.223 e. The lowest BCUT2D eigenvalue weighted by Gasteiger charge is -2.33. The zero-order chi connectivity index (χ0) is 19.5. The van der Waals surface area contributed by atoms with Gasteiger partial charge in [-0.2, -0.15) is 4.98 Å². The SMILES string of the molecule is COc1cc(C)ccc1CN1CCO[C@H](c2ncncc2-c2noc(C)n2)C1. The molecule has 0 unspecified atom stereocenters. The maximum atomic E-state index is 6.03. The molecule has 1 saturated heterocycles. The zero-order valence-corrected chi connectivity index (χ0v) is 16.3. The Labute approximate surface area is 163 Å². The number of hydrogen-bond donors (Lipinski definition) is 0. The summed E-state index contributed by atoms with van der Waals surface area (Å²) >= 11 is 0. The molecule has 0 radical (unpaired) electrons. The van der Waals surface area contributed by atoms with E-state index in [0.29, 0.717) is 24.9 Å². The van der Waals surface area contributed by atoms with Crippen molar-refractivity contribution in [1.82, 2.24) is 25.0 Å². The molecule has 3 heterocycles. The number of benzene rings is 1. The molecule has 3 aromatic rings. The van der Waals surface area contributed by atoms with Crippen LogP contribution in [0.25, 0.3) is 11.4 Å². The third-order valence-corrected chi connectivity index (χ3v) is 4.80. The Hall–Kier alpha value is -2.84. The highest BCUT2D eigenvalue weighted by Crippen LogP contribution is 2.30. The molecular weight excluding hydrogens is 358 g/mol. The first-order valence-electron chi connectivity index (χ1n) is 9.22. The Bertz CT molecular complexity index is 959. The van der Waals surface area contributed by atoms with Gasteiger partial charge in [0.15, 0.2) is 0 Å². The zero-order valence-electron chi connectivity index (χ0n) is 16.3. The molecular formula is C20H23N5O3. The summed E-state index contributed by atoms with van der Waals surface area (Å²) in [5.74, 6) is 1.89. The van der Waals surface area contributed by atoms with Gasteiger partial charge in [-0.05, 0) is 18.6 Å². The van der Waals surface area contributed by atoms with Crippen molar-refractivity contribution in [3.8, 4) is 17.1 Å². The van der Waals surface area contributed by atoms with Gasteiger partial charge >= 0.3 is 0 Å². The molecule has 1 fully saturated rings. The number of aromatic nitrogens is 4. The largest absolute Gasteiger partial charge is 0.496 e. The molecule has 0 aliphatic carbocycles. The van der Waals surface area contributed by atoms with Crippen LogP contribution in [0.15, 0.2) is 35.2 Å². The highest BCUT2D eigenvalue weighted by molar-refractivity contribution is 5.56. The van der Waals surface area contributed by atoms with Crippen LogP contribution in [0.5, 0.6) is 5.75 Å². The molecule has 146 valence electrons. The predicted molar refractivity (Wildman–Crippen MR) is 102 cm³/mol. The molecule has 8 heteroatoms. The number of ether oxygens (including phenoxy) is 2. The number of rotatable bonds is 5. The van der Waals surface area contributed by atoms with Crippen LogP contribution in [0.4, 0.5) is 0 Å². The fraction of sp³-hybridized carbons (Fsp3) is 0.400. The van der Waals surface area contributed by atoms with Gasteiger partial charge in [-0.1, -0.05) is 17.3 Å². The molecule has 28 heavy (non-hydrogen) atoms. The summed E-state index contributed by atoms with van der Waals surface area (Å²) in [7, 11) is 1.71. The van der Waals surface area contributed by atoms with Crippen LogP contribution in [-0.4, -0.2) is 51.8 Å². The Kier molecular flexibility index (Phi) is 5.31. The minimum atomic E-state index is -0.193. The Morgan fingerprint density at radius 2 is 2.18 bits per heavy atom. The summed E-state index contributed by atoms with van der Waals surface area (Å²) in [5, 5.41) is 4.01. The lowest BCUT2D eigenvalue weighted by Crippen LogP contribution is -2.38. The van der Waals surface area contributed by atoms with Gasteiger partial charge in [0.25, 0.3) is 0 Å². The predicted octanol–water partition coefficient (Wildman–Crippen LogP) is 2.73. The van der Waals surface area contributed by atoms with Crippen molar-refractivity contribution in [2.24, 2.45) is 0 Å². The Morgan fingerprint density at radius 1 is 1.29 bits per heavy atom. The van der Waals surface area contributed by atoms with E-state index in [9.17, 15) is 0 Å². The second kappa shape index (κ2) is 8.04. The van der Waals surface area contributed by atoms with E-state index >= 15 is 0 Å². The summed E-state index contributed by atoms with van der Waals surface area (Å²) in [4.78, 5) is 15.2. The van der Waals surface area contributed by atoms with Crippen molar-refractivity contribution in [3.63, 3.8) is 0 Å². The fourth-order valence-corrected chi connectivity index (χ4v) is 3.41. The van der Waals surface area contributed by atoms with Gasteiger partial charge in [-0.15, -0.1) is 0 Å². The maximum Gasteiger partial charge on any atom is 0.223 e. The van der Waals surface area contributed by atoms with Crippen molar-refractivity contribution in [1.29, 1.82) is 0 Å². The molecule has 0 N–H and O–H groups in total. The van der Waals surface area contributed by atoms with Crippen molar-refractivity contribution in [3.05, 3.63) is 53.4 Å². The average molecular weight is 381 g/mol. The van der Waals surface area contributed by atoms with E-state index in [0.717, 1.165) is 35.7 Å². The monoisotopic (exact) mass is 381 g/mol. The lowest BCUT2D eigenvalue weighted by atomic mass is 10.1. The van der Waals surface area contributed by atoms with Gasteiger partial charge in [-0.3, -0.25) is 4.90 Å². The van der Waals surface area contributed by atoms with Gasteiger partial charge < -0.3 is 14.0 Å². The highest BCUT2D eigenvalue weighted by atomic mass is 16.5. The summed E-state index contributed by atoms with van der Waals surface area (Å²) < 4.78 is 16.7. The van der Waals surface area contributed by atoms with E-state index < -0.39 is 0 Å². The Morgan fingerprint density at radius 3 is 2.96 bits per heavy atom. The summed E-state index contributed by atoms with van der Waals surface area (Å²) in [6.45, 7) is 6.77. The molecule has 2 aromatic heterocycles. The number of hydrogen-bond acceptors (Lipinski definition) is 8. The standard InChI is InChI=1S/C20H23N5O3/c1-13-4-5-15(17(8-13)26-3)10-25-6-7-27-18(11-25)19-16(9-21-12-22-19)20-23-14(2)28-24-20/h4-5,8-9,12,18H,6-7,10-11H2,1-3H3/t18-/m0/s1. The summed E-state index contributed by atoms with van der Waals surface area (Å²) in [6, 6.07) is 6.29. The second-order valence-corrected chi connectivity index (χ2v) is 6.87. The molecule has 1 aromatic carbocycles. The molecule has 4 rings (SSSR count). The molecule has 0 amide bonds. The van der Waals surface area contributed by atoms with Gasteiger partial charge in [-0.25, -0.2) is 9.97 Å². The van der Waals surface area contributed by atoms with E-state index in [1.165, 1.54) is 11.9 Å². The number of methoxy groups -OCH3 is 1. The third kappa shape index (κ3) is 3.88. The molecule has 1 aliphatic heterocycles. The molecule has 1 atom stereocenters. The number of aryl methyl sites for hydroxylation is 2. The highest BCUT2D eigenvalue weighted by Gasteiger charge is 2.27. The minimum absolute atomic E-state index is 0.193. The van der Waals surface area contributed by atoms with Crippen LogP contribution in [-0.2, 0) is 11.3 Å². The van der Waals surface area contributed by atoms with Crippen LogP contribution in [0, 0.1) is 13.8 Å². The van der Waals surface area contributed by atoms with Crippen LogP contribution >= 0.6 is 0 Å². The van der Waals surface area contributed by atoms with Crippen LogP contribution in [0.2, 0.25) is 0 Å². The van der Waals surface area contributed by atoms with Crippen LogP contribution in [0.1, 0.15) is 28.8 Å². The van der Waals surface area contributed by atoms with Gasteiger partial charge in [0, 0.05) is 38.3 Å². The minimum Gasteiger partial charge on any atom is -0.496 e. The first kappa shape index (κ1) is 18.5. The van der Waals surface area contributed by atoms with Crippen molar-refractivity contribution in [2.75, 3.05) is 26.8 Å². The quantitative estimate of drug-likeness (QED) is 0.667. The van der Waals surface area contributed by atoms with E-state index in [1.54, 1.807) is 20.2 Å². The van der Waals surface area contributed by atoms with E-state index in [-0.39, 0.29) is 6.10 Å². The van der Waals surface area contributed by atoms with Crippen molar-refractivity contribution >= 4 is 0 Å². The molecule has 8 nitrogen and oxygen atoms in total. The normalized spacial score (nSPS) is 17.6. The van der Waals surface area contributed by atoms with Crippen LogP contribution in [0.3, 0.4) is 0 Å². The summed E-state index contributed by atoms with van der Waals surface area (Å²) in [6.07, 6.45) is 3.04.